The average Bonchev–Trinajstić information content (AvgIpc) is 2.46. The van der Waals surface area contributed by atoms with Crippen molar-refractivity contribution in [2.45, 2.75) is 0 Å². The van der Waals surface area contributed by atoms with Crippen LogP contribution >= 0.6 is 11.6 Å². The van der Waals surface area contributed by atoms with Crippen molar-refractivity contribution in [2.75, 3.05) is 0 Å². The summed E-state index contributed by atoms with van der Waals surface area (Å²) in [5.41, 5.74) is 1.36. The Morgan fingerprint density at radius 3 is 3.08 bits per heavy atom. The number of aldehydes is 1. The molecule has 0 spiro atoms. The number of halogens is 1. The Morgan fingerprint density at radius 2 is 2.33 bits per heavy atom. The monoisotopic (exact) mass is 180 g/mol. The van der Waals surface area contributed by atoms with Crippen molar-refractivity contribution in [3.63, 3.8) is 0 Å². The van der Waals surface area contributed by atoms with Crippen LogP contribution in [0.3, 0.4) is 0 Å². The van der Waals surface area contributed by atoms with Crippen LogP contribution in [0.25, 0.3) is 10.9 Å². The maximum absolute atomic E-state index is 10.4. The number of fused-ring (bicyclic) bond motifs is 1. The van der Waals surface area contributed by atoms with E-state index in [0.717, 1.165) is 17.2 Å². The van der Waals surface area contributed by atoms with Crippen molar-refractivity contribution in [3.8, 4) is 0 Å². The molecule has 0 atom stereocenters. The van der Waals surface area contributed by atoms with Gasteiger partial charge in [-0.3, -0.25) is 4.79 Å². The van der Waals surface area contributed by atoms with Crippen molar-refractivity contribution < 1.29 is 4.79 Å². The average molecular weight is 181 g/mol. The van der Waals surface area contributed by atoms with Gasteiger partial charge >= 0.3 is 0 Å². The highest BCUT2D eigenvalue weighted by atomic mass is 35.5. The summed E-state index contributed by atoms with van der Waals surface area (Å²) in [4.78, 5) is 17.1. The lowest BCUT2D eigenvalue weighted by Crippen LogP contribution is -1.75. The second-order valence-corrected chi connectivity index (χ2v) is 2.82. The number of carbonyl (C=O) groups excluding carboxylic acids is 1. The van der Waals surface area contributed by atoms with E-state index >= 15 is 0 Å². The van der Waals surface area contributed by atoms with Crippen LogP contribution in [0.15, 0.2) is 18.3 Å². The largest absolute Gasteiger partial charge is 0.351 e. The first-order valence-electron chi connectivity index (χ1n) is 3.39. The van der Waals surface area contributed by atoms with Crippen molar-refractivity contribution in [1.29, 1.82) is 0 Å². The van der Waals surface area contributed by atoms with Crippen LogP contribution in [0.5, 0.6) is 0 Å². The standard InChI is InChI=1S/C8H5ClN2O/c9-8-2-5-1-6(4-12)11-7(5)3-10-8/h1-4,11H. The summed E-state index contributed by atoms with van der Waals surface area (Å²) >= 11 is 5.66. The molecule has 0 saturated heterocycles. The molecule has 0 aromatic carbocycles. The zero-order chi connectivity index (χ0) is 8.55. The maximum Gasteiger partial charge on any atom is 0.166 e. The number of carbonyl (C=O) groups is 1. The fraction of sp³-hybridized carbons (Fsp3) is 0. The predicted molar refractivity (Wildman–Crippen MR) is 46.5 cm³/mol. The van der Waals surface area contributed by atoms with E-state index in [1.807, 2.05) is 0 Å². The van der Waals surface area contributed by atoms with Crippen molar-refractivity contribution in [1.82, 2.24) is 9.97 Å². The minimum Gasteiger partial charge on any atom is -0.351 e. The first-order valence-corrected chi connectivity index (χ1v) is 3.77. The van der Waals surface area contributed by atoms with Gasteiger partial charge in [0.1, 0.15) is 5.15 Å². The van der Waals surface area contributed by atoms with Crippen LogP contribution in [0.4, 0.5) is 0 Å². The Morgan fingerprint density at radius 1 is 1.50 bits per heavy atom. The molecule has 2 rings (SSSR count). The number of H-pyrrole nitrogens is 1. The minimum atomic E-state index is 0.430. The molecular formula is C8H5ClN2O. The second kappa shape index (κ2) is 2.60. The number of aromatic amines is 1. The molecule has 4 heteroatoms. The Balaban J connectivity index is 2.75. The first-order chi connectivity index (χ1) is 5.79. The van der Waals surface area contributed by atoms with Gasteiger partial charge in [-0.1, -0.05) is 11.6 Å². The van der Waals surface area contributed by atoms with E-state index in [1.165, 1.54) is 0 Å². The molecule has 0 saturated carbocycles. The summed E-state index contributed by atoms with van der Waals surface area (Å²) in [6.07, 6.45) is 2.36. The van der Waals surface area contributed by atoms with E-state index in [4.69, 9.17) is 11.6 Å². The molecule has 0 unspecified atom stereocenters. The summed E-state index contributed by atoms with van der Waals surface area (Å²) < 4.78 is 0. The Hall–Kier alpha value is -1.35. The SMILES string of the molecule is O=Cc1cc2cc(Cl)ncc2[nH]1. The molecule has 2 heterocycles. The van der Waals surface area contributed by atoms with Gasteiger partial charge < -0.3 is 4.98 Å². The third-order valence-corrected chi connectivity index (χ3v) is 1.83. The Kier molecular flexibility index (Phi) is 1.59. The highest BCUT2D eigenvalue weighted by Gasteiger charge is 1.99. The molecule has 0 aliphatic carbocycles. The third-order valence-electron chi connectivity index (χ3n) is 1.62. The lowest BCUT2D eigenvalue weighted by atomic mass is 10.3. The summed E-state index contributed by atoms with van der Waals surface area (Å²) in [5.74, 6) is 0. The number of pyridine rings is 1. The van der Waals surface area contributed by atoms with E-state index in [0.29, 0.717) is 10.8 Å². The van der Waals surface area contributed by atoms with Crippen LogP contribution in [-0.4, -0.2) is 16.3 Å². The third kappa shape index (κ3) is 1.08. The molecule has 0 amide bonds. The molecular weight excluding hydrogens is 176 g/mol. The smallest absolute Gasteiger partial charge is 0.166 e. The van der Waals surface area contributed by atoms with E-state index in [-0.39, 0.29) is 0 Å². The zero-order valence-electron chi connectivity index (χ0n) is 6.04. The highest BCUT2D eigenvalue weighted by Crippen LogP contribution is 2.16. The van der Waals surface area contributed by atoms with Crippen LogP contribution in [0.2, 0.25) is 5.15 Å². The Bertz CT molecular complexity index is 436. The fourth-order valence-corrected chi connectivity index (χ4v) is 1.26. The van der Waals surface area contributed by atoms with Crippen LogP contribution < -0.4 is 0 Å². The Labute approximate surface area is 73.4 Å². The summed E-state index contributed by atoms with van der Waals surface area (Å²) in [5, 5.41) is 1.33. The molecule has 2 aromatic rings. The second-order valence-electron chi connectivity index (χ2n) is 2.44. The number of nitrogens with one attached hydrogen (secondary N) is 1. The molecule has 0 radical (unpaired) electrons. The van der Waals surface area contributed by atoms with E-state index in [9.17, 15) is 4.79 Å². The lowest BCUT2D eigenvalue weighted by Gasteiger charge is -1.87. The van der Waals surface area contributed by atoms with E-state index in [1.54, 1.807) is 18.3 Å². The van der Waals surface area contributed by atoms with Gasteiger partial charge in [0.15, 0.2) is 6.29 Å². The zero-order valence-corrected chi connectivity index (χ0v) is 6.80. The molecule has 2 aromatic heterocycles. The van der Waals surface area contributed by atoms with Gasteiger partial charge in [0.2, 0.25) is 0 Å². The van der Waals surface area contributed by atoms with Gasteiger partial charge in [0.25, 0.3) is 0 Å². The van der Waals surface area contributed by atoms with Crippen molar-refractivity contribution in [3.05, 3.63) is 29.2 Å². The van der Waals surface area contributed by atoms with Gasteiger partial charge in [0, 0.05) is 5.39 Å². The highest BCUT2D eigenvalue weighted by molar-refractivity contribution is 6.30. The molecule has 0 bridgehead atoms. The normalized spacial score (nSPS) is 10.4. The van der Waals surface area contributed by atoms with Crippen LogP contribution in [0, 0.1) is 0 Å². The van der Waals surface area contributed by atoms with Crippen LogP contribution in [-0.2, 0) is 0 Å². The van der Waals surface area contributed by atoms with E-state index < -0.39 is 0 Å². The van der Waals surface area contributed by atoms with Crippen LogP contribution in [0.1, 0.15) is 10.5 Å². The molecule has 60 valence electrons. The van der Waals surface area contributed by atoms with Gasteiger partial charge in [-0.2, -0.15) is 0 Å². The first kappa shape index (κ1) is 7.31. The summed E-state index contributed by atoms with van der Waals surface area (Å²) in [6, 6.07) is 3.44. The molecule has 1 N–H and O–H groups in total. The van der Waals surface area contributed by atoms with Gasteiger partial charge in [0.05, 0.1) is 17.4 Å². The molecule has 12 heavy (non-hydrogen) atoms. The number of aromatic nitrogens is 2. The number of nitrogens with zero attached hydrogens (tertiary/aromatic N) is 1. The topological polar surface area (TPSA) is 45.8 Å². The number of hydrogen-bond donors (Lipinski definition) is 1. The van der Waals surface area contributed by atoms with Crippen molar-refractivity contribution in [2.24, 2.45) is 0 Å². The van der Waals surface area contributed by atoms with Crippen molar-refractivity contribution >= 4 is 28.8 Å². The van der Waals surface area contributed by atoms with Gasteiger partial charge in [-0.05, 0) is 12.1 Å². The number of hydrogen-bond acceptors (Lipinski definition) is 2. The summed E-state index contributed by atoms with van der Waals surface area (Å²) in [6.45, 7) is 0. The molecule has 0 fully saturated rings. The lowest BCUT2D eigenvalue weighted by molar-refractivity contribution is 0.112. The molecule has 3 nitrogen and oxygen atoms in total. The summed E-state index contributed by atoms with van der Waals surface area (Å²) in [7, 11) is 0. The maximum atomic E-state index is 10.4. The quantitative estimate of drug-likeness (QED) is 0.539. The minimum absolute atomic E-state index is 0.430. The molecule has 0 aliphatic heterocycles. The molecule has 0 aliphatic rings. The van der Waals surface area contributed by atoms with Gasteiger partial charge in [-0.15, -0.1) is 0 Å². The number of rotatable bonds is 1. The fourth-order valence-electron chi connectivity index (χ4n) is 1.09. The van der Waals surface area contributed by atoms with Gasteiger partial charge in [-0.25, -0.2) is 4.98 Å². The van der Waals surface area contributed by atoms with E-state index in [2.05, 4.69) is 9.97 Å². The predicted octanol–water partition coefficient (Wildman–Crippen LogP) is 2.03.